The van der Waals surface area contributed by atoms with Crippen molar-refractivity contribution in [3.8, 4) is 6.07 Å². The smallest absolute Gasteiger partial charge is 0.237 e. The topological polar surface area (TPSA) is 76.4 Å². The molecule has 0 saturated carbocycles. The lowest BCUT2D eigenvalue weighted by Crippen LogP contribution is -2.51. The fraction of sp³-hybridized carbons (Fsp3) is 0.842. The summed E-state index contributed by atoms with van der Waals surface area (Å²) >= 11 is 0. The Hall–Kier alpha value is -1.61. The summed E-state index contributed by atoms with van der Waals surface area (Å²) in [6.45, 7) is 8.09. The highest BCUT2D eigenvalue weighted by Gasteiger charge is 2.31. The van der Waals surface area contributed by atoms with E-state index >= 15 is 0 Å². The number of carbonyl (C=O) groups excluding carboxylic acids is 2. The van der Waals surface area contributed by atoms with E-state index < -0.39 is 5.54 Å². The van der Waals surface area contributed by atoms with Gasteiger partial charge in [-0.3, -0.25) is 14.5 Å². The van der Waals surface area contributed by atoms with Crippen LogP contribution in [0.15, 0.2) is 0 Å². The van der Waals surface area contributed by atoms with Crippen molar-refractivity contribution in [2.45, 2.75) is 64.8 Å². The van der Waals surface area contributed by atoms with Crippen LogP contribution in [0.3, 0.4) is 0 Å². The van der Waals surface area contributed by atoms with Crippen molar-refractivity contribution in [1.82, 2.24) is 15.1 Å². The van der Waals surface area contributed by atoms with E-state index in [0.717, 1.165) is 38.8 Å². The first kappa shape index (κ1) is 21.4. The summed E-state index contributed by atoms with van der Waals surface area (Å²) in [5, 5.41) is 12.2. The van der Waals surface area contributed by atoms with Gasteiger partial charge in [0.05, 0.1) is 18.5 Å². The highest BCUT2D eigenvalue weighted by atomic mass is 16.2. The molecule has 6 heteroatoms. The molecule has 6 nitrogen and oxygen atoms in total. The Bertz CT molecular complexity index is 484. The predicted molar refractivity (Wildman–Crippen MR) is 98.8 cm³/mol. The first-order valence-corrected chi connectivity index (χ1v) is 9.49. The number of rotatable bonds is 9. The maximum atomic E-state index is 12.4. The van der Waals surface area contributed by atoms with Gasteiger partial charge < -0.3 is 10.2 Å². The van der Waals surface area contributed by atoms with Crippen LogP contribution in [0.2, 0.25) is 0 Å². The first-order chi connectivity index (χ1) is 11.8. The van der Waals surface area contributed by atoms with Crippen molar-refractivity contribution < 1.29 is 9.59 Å². The maximum absolute atomic E-state index is 12.4. The molecule has 1 atom stereocenters. The van der Waals surface area contributed by atoms with Gasteiger partial charge in [0.2, 0.25) is 11.8 Å². The van der Waals surface area contributed by atoms with Crippen LogP contribution in [0, 0.1) is 17.2 Å². The number of hydrogen-bond donors (Lipinski definition) is 1. The van der Waals surface area contributed by atoms with E-state index in [1.54, 1.807) is 20.9 Å². The van der Waals surface area contributed by atoms with Crippen molar-refractivity contribution >= 4 is 11.8 Å². The Morgan fingerprint density at radius 1 is 1.32 bits per heavy atom. The standard InChI is InChI=1S/C19H34N4O2/c1-5-6-7-8-11-21-18(25)16-10-9-12-23(13-16)14-17(24)22(4)19(2,3)15-20/h16H,5-14H2,1-4H3,(H,21,25). The van der Waals surface area contributed by atoms with Crippen LogP contribution in [-0.4, -0.2) is 60.4 Å². The molecule has 0 bridgehead atoms. The molecule has 0 aromatic heterocycles. The van der Waals surface area contributed by atoms with Crippen molar-refractivity contribution in [2.24, 2.45) is 5.92 Å². The number of likely N-dealkylation sites (tertiary alicyclic amines) is 1. The third-order valence-corrected chi connectivity index (χ3v) is 5.05. The Morgan fingerprint density at radius 3 is 2.68 bits per heavy atom. The normalized spacial score (nSPS) is 18.4. The fourth-order valence-electron chi connectivity index (χ4n) is 3.00. The van der Waals surface area contributed by atoms with E-state index in [2.05, 4.69) is 18.3 Å². The molecule has 0 aliphatic carbocycles. The third-order valence-electron chi connectivity index (χ3n) is 5.05. The molecule has 1 saturated heterocycles. The molecule has 1 unspecified atom stereocenters. The van der Waals surface area contributed by atoms with Gasteiger partial charge in [-0.15, -0.1) is 0 Å². The van der Waals surface area contributed by atoms with Gasteiger partial charge in [-0.25, -0.2) is 0 Å². The molecule has 0 aromatic carbocycles. The molecule has 25 heavy (non-hydrogen) atoms. The second-order valence-corrected chi connectivity index (χ2v) is 7.55. The lowest BCUT2D eigenvalue weighted by Gasteiger charge is -2.35. The van der Waals surface area contributed by atoms with Crippen LogP contribution < -0.4 is 5.32 Å². The van der Waals surface area contributed by atoms with Crippen LogP contribution >= 0.6 is 0 Å². The first-order valence-electron chi connectivity index (χ1n) is 9.49. The van der Waals surface area contributed by atoms with E-state index in [1.165, 1.54) is 17.7 Å². The number of nitriles is 1. The lowest BCUT2D eigenvalue weighted by molar-refractivity contribution is -0.136. The van der Waals surface area contributed by atoms with Crippen LogP contribution in [0.1, 0.15) is 59.3 Å². The number of nitrogens with zero attached hydrogens (tertiary/aromatic N) is 3. The molecule has 1 fully saturated rings. The summed E-state index contributed by atoms with van der Waals surface area (Å²) in [4.78, 5) is 28.3. The van der Waals surface area contributed by atoms with Crippen LogP contribution in [0.4, 0.5) is 0 Å². The molecule has 1 heterocycles. The van der Waals surface area contributed by atoms with Crippen LogP contribution in [0.25, 0.3) is 0 Å². The molecule has 1 aliphatic heterocycles. The second-order valence-electron chi connectivity index (χ2n) is 7.55. The van der Waals surface area contributed by atoms with Gasteiger partial charge in [0.1, 0.15) is 5.54 Å². The summed E-state index contributed by atoms with van der Waals surface area (Å²) in [5.74, 6) is -0.00598. The van der Waals surface area contributed by atoms with Crippen LogP contribution in [0.5, 0.6) is 0 Å². The summed E-state index contributed by atoms with van der Waals surface area (Å²) in [6, 6.07) is 2.15. The monoisotopic (exact) mass is 350 g/mol. The Morgan fingerprint density at radius 2 is 2.04 bits per heavy atom. The maximum Gasteiger partial charge on any atom is 0.237 e. The van der Waals surface area contributed by atoms with Gasteiger partial charge in [-0.2, -0.15) is 5.26 Å². The number of unbranched alkanes of at least 4 members (excludes halogenated alkanes) is 3. The predicted octanol–water partition coefficient (Wildman–Crippen LogP) is 2.16. The molecule has 1 aliphatic rings. The molecule has 142 valence electrons. The number of hydrogen-bond acceptors (Lipinski definition) is 4. The van der Waals surface area contributed by atoms with Gasteiger partial charge in [0.15, 0.2) is 0 Å². The Labute approximate surface area is 152 Å². The molecular weight excluding hydrogens is 316 g/mol. The minimum atomic E-state index is -0.817. The van der Waals surface area contributed by atoms with Crippen molar-refractivity contribution in [3.05, 3.63) is 0 Å². The molecule has 1 N–H and O–H groups in total. The van der Waals surface area contributed by atoms with Gasteiger partial charge in [-0.05, 0) is 39.7 Å². The fourth-order valence-corrected chi connectivity index (χ4v) is 3.00. The van der Waals surface area contributed by atoms with E-state index in [-0.39, 0.29) is 24.3 Å². The summed E-state index contributed by atoms with van der Waals surface area (Å²) in [6.07, 6.45) is 6.39. The van der Waals surface area contributed by atoms with Gasteiger partial charge in [0, 0.05) is 20.1 Å². The third kappa shape index (κ3) is 7.03. The number of amides is 2. The molecular formula is C19H34N4O2. The summed E-state index contributed by atoms with van der Waals surface area (Å²) in [5.41, 5.74) is -0.817. The van der Waals surface area contributed by atoms with E-state index in [9.17, 15) is 9.59 Å². The van der Waals surface area contributed by atoms with Gasteiger partial charge in [0.25, 0.3) is 0 Å². The van der Waals surface area contributed by atoms with Gasteiger partial charge in [-0.1, -0.05) is 26.2 Å². The highest BCUT2D eigenvalue weighted by molar-refractivity contribution is 5.80. The minimum absolute atomic E-state index is 0.0398. The van der Waals surface area contributed by atoms with E-state index in [4.69, 9.17) is 5.26 Å². The zero-order valence-corrected chi connectivity index (χ0v) is 16.3. The van der Waals surface area contributed by atoms with Crippen molar-refractivity contribution in [2.75, 3.05) is 33.2 Å². The van der Waals surface area contributed by atoms with E-state index in [0.29, 0.717) is 6.54 Å². The van der Waals surface area contributed by atoms with Crippen molar-refractivity contribution in [1.29, 1.82) is 5.26 Å². The average Bonchev–Trinajstić information content (AvgIpc) is 2.60. The zero-order valence-electron chi connectivity index (χ0n) is 16.3. The summed E-state index contributed by atoms with van der Waals surface area (Å²) in [7, 11) is 1.66. The molecule has 1 rings (SSSR count). The van der Waals surface area contributed by atoms with Crippen molar-refractivity contribution in [3.63, 3.8) is 0 Å². The Balaban J connectivity index is 2.42. The average molecular weight is 351 g/mol. The number of nitrogens with one attached hydrogen (secondary N) is 1. The van der Waals surface area contributed by atoms with Gasteiger partial charge >= 0.3 is 0 Å². The molecule has 0 spiro atoms. The number of carbonyl (C=O) groups is 2. The largest absolute Gasteiger partial charge is 0.356 e. The number of likely N-dealkylation sites (N-methyl/N-ethyl adjacent to an activating group) is 1. The second kappa shape index (κ2) is 10.4. The number of piperidine rings is 1. The van der Waals surface area contributed by atoms with Crippen LogP contribution in [-0.2, 0) is 9.59 Å². The lowest BCUT2D eigenvalue weighted by atomic mass is 9.97. The molecule has 2 amide bonds. The Kier molecular flexibility index (Phi) is 8.91. The highest BCUT2D eigenvalue weighted by Crippen LogP contribution is 2.18. The SMILES string of the molecule is CCCCCCNC(=O)C1CCCN(CC(=O)N(C)C(C)(C)C#N)C1. The zero-order chi connectivity index (χ0) is 18.9. The summed E-state index contributed by atoms with van der Waals surface area (Å²) < 4.78 is 0. The van der Waals surface area contributed by atoms with E-state index in [1.807, 2.05) is 4.90 Å². The molecule has 0 aromatic rings. The quantitative estimate of drug-likeness (QED) is 0.647. The molecule has 0 radical (unpaired) electrons. The minimum Gasteiger partial charge on any atom is -0.356 e.